The molecule has 0 bridgehead atoms. The molecule has 6 heteroatoms. The molecule has 0 unspecified atom stereocenters. The molecule has 0 radical (unpaired) electrons. The lowest BCUT2D eigenvalue weighted by atomic mass is 9.93. The van der Waals surface area contributed by atoms with Gasteiger partial charge in [-0.1, -0.05) is 0 Å². The van der Waals surface area contributed by atoms with E-state index in [1.807, 2.05) is 0 Å². The van der Waals surface area contributed by atoms with Gasteiger partial charge in [-0.15, -0.1) is 11.3 Å². The molecule has 2 aliphatic heterocycles. The van der Waals surface area contributed by atoms with Crippen LogP contribution in [0.5, 0.6) is 0 Å². The summed E-state index contributed by atoms with van der Waals surface area (Å²) in [6.07, 6.45) is 3.84. The highest BCUT2D eigenvalue weighted by Crippen LogP contribution is 2.36. The van der Waals surface area contributed by atoms with E-state index >= 15 is 0 Å². The second-order valence-corrected chi connectivity index (χ2v) is 8.21. The number of thiazole rings is 1. The van der Waals surface area contributed by atoms with Crippen molar-refractivity contribution < 1.29 is 4.79 Å². The minimum Gasteiger partial charge on any atom is -0.353 e. The summed E-state index contributed by atoms with van der Waals surface area (Å²) in [4.78, 5) is 21.4. The maximum absolute atomic E-state index is 11.8. The van der Waals surface area contributed by atoms with Gasteiger partial charge in [0.1, 0.15) is 0 Å². The van der Waals surface area contributed by atoms with Gasteiger partial charge in [-0.3, -0.25) is 14.6 Å². The summed E-state index contributed by atoms with van der Waals surface area (Å²) >= 11 is 1.73. The van der Waals surface area contributed by atoms with Crippen molar-refractivity contribution in [2.45, 2.75) is 38.3 Å². The van der Waals surface area contributed by atoms with Gasteiger partial charge in [-0.05, 0) is 32.1 Å². The van der Waals surface area contributed by atoms with Crippen LogP contribution in [-0.4, -0.2) is 59.0 Å². The van der Waals surface area contributed by atoms with Gasteiger partial charge in [-0.2, -0.15) is 0 Å². The number of hydrogen-bond donors (Lipinski definition) is 1. The largest absolute Gasteiger partial charge is 0.353 e. The highest BCUT2D eigenvalue weighted by atomic mass is 32.1. The van der Waals surface area contributed by atoms with Crippen LogP contribution >= 0.6 is 11.3 Å². The lowest BCUT2D eigenvalue weighted by Crippen LogP contribution is -2.64. The number of carbonyl (C=O) groups excluding carboxylic acids is 1. The maximum Gasteiger partial charge on any atom is 0.234 e. The van der Waals surface area contributed by atoms with Gasteiger partial charge >= 0.3 is 0 Å². The number of rotatable bonds is 4. The average Bonchev–Trinajstić information content (AvgIpc) is 3.07. The number of aryl methyl sites for hydroxylation is 1. The van der Waals surface area contributed by atoms with E-state index in [1.165, 1.54) is 18.5 Å². The molecule has 3 aliphatic rings. The van der Waals surface area contributed by atoms with Crippen molar-refractivity contribution in [3.05, 3.63) is 16.1 Å². The van der Waals surface area contributed by atoms with Crippen LogP contribution in [0.25, 0.3) is 0 Å². The first-order valence-corrected chi connectivity index (χ1v) is 9.16. The van der Waals surface area contributed by atoms with E-state index in [1.54, 1.807) is 11.3 Å². The Morgan fingerprint density at radius 3 is 3.09 bits per heavy atom. The highest BCUT2D eigenvalue weighted by Gasteiger charge is 2.47. The van der Waals surface area contributed by atoms with Crippen LogP contribution in [0.2, 0.25) is 0 Å². The quantitative estimate of drug-likeness (QED) is 0.907. The molecular weight excluding hydrogens is 296 g/mol. The molecule has 5 nitrogen and oxygen atoms in total. The molecule has 1 atom stereocenters. The number of amides is 1. The van der Waals surface area contributed by atoms with Gasteiger partial charge in [0.2, 0.25) is 5.91 Å². The second kappa shape index (κ2) is 5.58. The third kappa shape index (κ3) is 2.92. The van der Waals surface area contributed by atoms with E-state index in [0.29, 0.717) is 6.54 Å². The number of carbonyl (C=O) groups is 1. The van der Waals surface area contributed by atoms with E-state index in [0.717, 1.165) is 50.1 Å². The molecule has 1 amide bonds. The molecule has 1 aliphatic carbocycles. The summed E-state index contributed by atoms with van der Waals surface area (Å²) < 4.78 is 0. The van der Waals surface area contributed by atoms with Crippen LogP contribution in [0.4, 0.5) is 0 Å². The Balaban J connectivity index is 1.44. The fourth-order valence-corrected chi connectivity index (χ4v) is 4.43. The molecule has 1 aromatic heterocycles. The van der Waals surface area contributed by atoms with Crippen molar-refractivity contribution in [3.8, 4) is 0 Å². The monoisotopic (exact) mass is 320 g/mol. The fourth-order valence-electron chi connectivity index (χ4n) is 3.83. The zero-order valence-corrected chi connectivity index (χ0v) is 14.0. The molecule has 120 valence electrons. The van der Waals surface area contributed by atoms with Crippen LogP contribution in [0.15, 0.2) is 5.38 Å². The average molecular weight is 320 g/mol. The van der Waals surface area contributed by atoms with Crippen molar-refractivity contribution in [2.75, 3.05) is 32.7 Å². The predicted molar refractivity (Wildman–Crippen MR) is 86.8 cm³/mol. The number of piperazine rings is 1. The minimum atomic E-state index is 0.154. The Hall–Kier alpha value is -0.980. The summed E-state index contributed by atoms with van der Waals surface area (Å²) in [5, 5.41) is 6.42. The summed E-state index contributed by atoms with van der Waals surface area (Å²) in [6.45, 7) is 7.66. The highest BCUT2D eigenvalue weighted by molar-refractivity contribution is 7.09. The maximum atomic E-state index is 11.8. The normalized spacial score (nSPS) is 30.1. The smallest absolute Gasteiger partial charge is 0.234 e. The summed E-state index contributed by atoms with van der Waals surface area (Å²) in [5.41, 5.74) is 1.34. The molecule has 1 saturated carbocycles. The molecule has 1 N–H and O–H groups in total. The standard InChI is InChI=1S/C16H24N4OS/c1-12-18-14(9-22-12)7-19-5-4-16(11-19)10-17-15(21)8-20(16)6-13-2-3-13/h9,13H,2-8,10-11H2,1H3,(H,17,21)/t16-/m0/s1. The number of aromatic nitrogens is 1. The van der Waals surface area contributed by atoms with E-state index in [-0.39, 0.29) is 11.4 Å². The van der Waals surface area contributed by atoms with Crippen LogP contribution < -0.4 is 5.32 Å². The number of likely N-dealkylation sites (tertiary alicyclic amines) is 1. The molecule has 4 rings (SSSR count). The Morgan fingerprint density at radius 1 is 1.50 bits per heavy atom. The zero-order valence-electron chi connectivity index (χ0n) is 13.2. The van der Waals surface area contributed by atoms with Crippen LogP contribution in [-0.2, 0) is 11.3 Å². The van der Waals surface area contributed by atoms with Crippen LogP contribution in [0.1, 0.15) is 30.0 Å². The third-order valence-corrected chi connectivity index (χ3v) is 6.08. The number of nitrogens with one attached hydrogen (secondary N) is 1. The van der Waals surface area contributed by atoms with Crippen molar-refractivity contribution in [1.82, 2.24) is 20.1 Å². The molecule has 0 aromatic carbocycles. The first-order valence-electron chi connectivity index (χ1n) is 8.28. The van der Waals surface area contributed by atoms with Crippen molar-refractivity contribution in [2.24, 2.45) is 5.92 Å². The van der Waals surface area contributed by atoms with Crippen molar-refractivity contribution in [1.29, 1.82) is 0 Å². The first-order chi connectivity index (χ1) is 10.6. The van der Waals surface area contributed by atoms with E-state index in [4.69, 9.17) is 0 Å². The molecule has 2 saturated heterocycles. The number of nitrogens with zero attached hydrogens (tertiary/aromatic N) is 3. The lowest BCUT2D eigenvalue weighted by molar-refractivity contribution is -0.128. The van der Waals surface area contributed by atoms with Gasteiger partial charge in [0.05, 0.1) is 22.8 Å². The van der Waals surface area contributed by atoms with Crippen LogP contribution in [0, 0.1) is 12.8 Å². The lowest BCUT2D eigenvalue weighted by Gasteiger charge is -2.44. The Bertz CT molecular complexity index is 570. The topological polar surface area (TPSA) is 48.5 Å². The Labute approximate surface area is 135 Å². The third-order valence-electron chi connectivity index (χ3n) is 5.26. The van der Waals surface area contributed by atoms with Crippen molar-refractivity contribution >= 4 is 17.2 Å². The summed E-state index contributed by atoms with van der Waals surface area (Å²) in [5.74, 6) is 1.03. The second-order valence-electron chi connectivity index (χ2n) is 7.14. The number of hydrogen-bond acceptors (Lipinski definition) is 5. The Morgan fingerprint density at radius 2 is 2.36 bits per heavy atom. The Kier molecular flexibility index (Phi) is 3.71. The van der Waals surface area contributed by atoms with Gasteiger partial charge in [-0.25, -0.2) is 4.98 Å². The molecule has 1 spiro atoms. The van der Waals surface area contributed by atoms with Gasteiger partial charge in [0.15, 0.2) is 0 Å². The van der Waals surface area contributed by atoms with Crippen LogP contribution in [0.3, 0.4) is 0 Å². The molecule has 1 aromatic rings. The summed E-state index contributed by atoms with van der Waals surface area (Å²) in [6, 6.07) is 0. The van der Waals surface area contributed by atoms with E-state index in [2.05, 4.69) is 32.4 Å². The van der Waals surface area contributed by atoms with Crippen molar-refractivity contribution in [3.63, 3.8) is 0 Å². The zero-order chi connectivity index (χ0) is 15.2. The van der Waals surface area contributed by atoms with Gasteiger partial charge in [0, 0.05) is 38.1 Å². The van der Waals surface area contributed by atoms with Gasteiger partial charge < -0.3 is 5.32 Å². The molecule has 22 heavy (non-hydrogen) atoms. The predicted octanol–water partition coefficient (Wildman–Crippen LogP) is 1.24. The van der Waals surface area contributed by atoms with E-state index < -0.39 is 0 Å². The fraction of sp³-hybridized carbons (Fsp3) is 0.750. The van der Waals surface area contributed by atoms with Gasteiger partial charge in [0.25, 0.3) is 0 Å². The first kappa shape index (κ1) is 14.6. The molecule has 3 heterocycles. The SMILES string of the molecule is Cc1nc(CN2CC[C@]3(CNC(=O)CN3CC3CC3)C2)cs1. The minimum absolute atomic E-state index is 0.154. The summed E-state index contributed by atoms with van der Waals surface area (Å²) in [7, 11) is 0. The van der Waals surface area contributed by atoms with E-state index in [9.17, 15) is 4.79 Å². The molecule has 3 fully saturated rings. The molecular formula is C16H24N4OS.